The minimum absolute atomic E-state index is 0.0591. The van der Waals surface area contributed by atoms with Crippen LogP contribution in [0.15, 0.2) is 29.4 Å². The molecule has 1 aromatic rings. The minimum Gasteiger partial charge on any atom is -0.351 e. The number of hydrogen-bond donors (Lipinski definition) is 2. The normalized spacial score (nSPS) is 23.8. The average Bonchev–Trinajstić information content (AvgIpc) is 2.81. The minimum atomic E-state index is -0.0694. The number of thioether (sulfide) groups is 1. The van der Waals surface area contributed by atoms with Gasteiger partial charge in [-0.3, -0.25) is 4.79 Å². The fraction of sp³-hybridized carbons (Fsp3) is 0.562. The number of rotatable bonds is 4. The van der Waals surface area contributed by atoms with Crippen molar-refractivity contribution in [2.75, 3.05) is 25.4 Å². The second-order valence-electron chi connectivity index (χ2n) is 5.99. The van der Waals surface area contributed by atoms with E-state index in [1.807, 2.05) is 18.2 Å². The molecule has 23 heavy (non-hydrogen) atoms. The molecule has 2 atom stereocenters. The number of amides is 3. The van der Waals surface area contributed by atoms with Gasteiger partial charge in [0.05, 0.1) is 10.9 Å². The van der Waals surface area contributed by atoms with E-state index in [2.05, 4.69) is 15.6 Å². The summed E-state index contributed by atoms with van der Waals surface area (Å²) >= 11 is 1.62. The maximum Gasteiger partial charge on any atom is 0.317 e. The van der Waals surface area contributed by atoms with Gasteiger partial charge >= 0.3 is 6.03 Å². The van der Waals surface area contributed by atoms with Crippen molar-refractivity contribution in [3.63, 3.8) is 0 Å². The maximum atomic E-state index is 12.4. The predicted molar refractivity (Wildman–Crippen MR) is 89.2 cm³/mol. The second-order valence-corrected chi connectivity index (χ2v) is 7.10. The van der Waals surface area contributed by atoms with Crippen LogP contribution in [0.3, 0.4) is 0 Å². The lowest BCUT2D eigenvalue weighted by atomic mass is 9.99. The van der Waals surface area contributed by atoms with E-state index in [-0.39, 0.29) is 23.9 Å². The molecule has 0 radical (unpaired) electrons. The molecule has 3 amide bonds. The number of nitrogens with one attached hydrogen (secondary N) is 2. The number of likely N-dealkylation sites (tertiary alicyclic amines) is 1. The Morgan fingerprint density at radius 2 is 2.30 bits per heavy atom. The lowest BCUT2D eigenvalue weighted by Crippen LogP contribution is -2.46. The first-order chi connectivity index (χ1) is 11.2. The number of nitrogens with zero attached hydrogens (tertiary/aromatic N) is 2. The molecule has 0 saturated carbocycles. The molecule has 0 unspecified atom stereocenters. The summed E-state index contributed by atoms with van der Waals surface area (Å²) in [5.74, 6) is 0.824. The van der Waals surface area contributed by atoms with Crippen molar-refractivity contribution in [3.05, 3.63) is 24.4 Å². The summed E-state index contributed by atoms with van der Waals surface area (Å²) < 4.78 is 0. The van der Waals surface area contributed by atoms with E-state index in [1.54, 1.807) is 22.9 Å². The van der Waals surface area contributed by atoms with E-state index in [4.69, 9.17) is 0 Å². The van der Waals surface area contributed by atoms with Crippen molar-refractivity contribution < 1.29 is 9.59 Å². The first-order valence-electron chi connectivity index (χ1n) is 8.09. The van der Waals surface area contributed by atoms with Gasteiger partial charge in [-0.15, -0.1) is 11.8 Å². The summed E-state index contributed by atoms with van der Waals surface area (Å²) in [6, 6.07) is 5.83. The third-order valence-electron chi connectivity index (χ3n) is 4.26. The number of pyridine rings is 1. The first kappa shape index (κ1) is 16.1. The van der Waals surface area contributed by atoms with E-state index in [0.29, 0.717) is 19.6 Å². The van der Waals surface area contributed by atoms with Gasteiger partial charge in [0.25, 0.3) is 0 Å². The van der Waals surface area contributed by atoms with E-state index >= 15 is 0 Å². The summed E-state index contributed by atoms with van der Waals surface area (Å²) in [6.45, 7) is 1.73. The van der Waals surface area contributed by atoms with Crippen molar-refractivity contribution >= 4 is 23.7 Å². The van der Waals surface area contributed by atoms with E-state index in [1.165, 1.54) is 0 Å². The average molecular weight is 334 g/mol. The number of urea groups is 1. The van der Waals surface area contributed by atoms with Crippen molar-refractivity contribution in [1.29, 1.82) is 0 Å². The van der Waals surface area contributed by atoms with Crippen LogP contribution in [0.25, 0.3) is 0 Å². The van der Waals surface area contributed by atoms with E-state index < -0.39 is 0 Å². The molecule has 7 heteroatoms. The van der Waals surface area contributed by atoms with Crippen LogP contribution in [-0.2, 0) is 4.79 Å². The highest BCUT2D eigenvalue weighted by molar-refractivity contribution is 7.99. The topological polar surface area (TPSA) is 74.3 Å². The number of hydrogen-bond acceptors (Lipinski definition) is 4. The monoisotopic (exact) mass is 334 g/mol. The lowest BCUT2D eigenvalue weighted by molar-refractivity contribution is -0.124. The Kier molecular flexibility index (Phi) is 5.38. The molecule has 2 aliphatic heterocycles. The van der Waals surface area contributed by atoms with Crippen molar-refractivity contribution in [2.24, 2.45) is 5.92 Å². The number of carbonyl (C=O) groups is 2. The highest BCUT2D eigenvalue weighted by atomic mass is 32.2. The van der Waals surface area contributed by atoms with Gasteiger partial charge in [0.15, 0.2) is 0 Å². The Hall–Kier alpha value is -1.76. The molecule has 0 spiro atoms. The van der Waals surface area contributed by atoms with E-state index in [9.17, 15) is 9.59 Å². The molecule has 1 aromatic heterocycles. The molecule has 3 heterocycles. The zero-order chi connectivity index (χ0) is 16.1. The summed E-state index contributed by atoms with van der Waals surface area (Å²) in [4.78, 5) is 30.4. The van der Waals surface area contributed by atoms with Gasteiger partial charge in [0.2, 0.25) is 5.91 Å². The lowest BCUT2D eigenvalue weighted by Gasteiger charge is -2.27. The van der Waals surface area contributed by atoms with Gasteiger partial charge < -0.3 is 15.5 Å². The molecule has 2 saturated heterocycles. The quantitative estimate of drug-likeness (QED) is 0.646. The zero-order valence-electron chi connectivity index (χ0n) is 13.0. The molecule has 3 rings (SSSR count). The Morgan fingerprint density at radius 3 is 3.13 bits per heavy atom. The van der Waals surface area contributed by atoms with Crippen LogP contribution >= 0.6 is 11.8 Å². The molecule has 2 aliphatic rings. The molecule has 2 fully saturated rings. The van der Waals surface area contributed by atoms with Crippen molar-refractivity contribution in [1.82, 2.24) is 20.5 Å². The molecule has 2 bridgehead atoms. The van der Waals surface area contributed by atoms with Gasteiger partial charge in [-0.05, 0) is 25.0 Å². The SMILES string of the molecule is O=C1N[C@H]2CCC[C@@H]1CN(C(=O)NCCSc1ccccn1)C2. The number of carbonyl (C=O) groups excluding carboxylic acids is 2. The molecule has 6 nitrogen and oxygen atoms in total. The van der Waals surface area contributed by atoms with Crippen LogP contribution in [-0.4, -0.2) is 53.3 Å². The van der Waals surface area contributed by atoms with Crippen LogP contribution in [0.5, 0.6) is 0 Å². The maximum absolute atomic E-state index is 12.4. The van der Waals surface area contributed by atoms with Gasteiger partial charge in [0, 0.05) is 37.6 Å². The summed E-state index contributed by atoms with van der Waals surface area (Å²) in [5, 5.41) is 6.95. The van der Waals surface area contributed by atoms with E-state index in [0.717, 1.165) is 30.0 Å². The van der Waals surface area contributed by atoms with Crippen LogP contribution in [0.1, 0.15) is 19.3 Å². The fourth-order valence-electron chi connectivity index (χ4n) is 3.07. The highest BCUT2D eigenvalue weighted by Gasteiger charge is 2.34. The second kappa shape index (κ2) is 7.68. The van der Waals surface area contributed by atoms with Crippen LogP contribution < -0.4 is 10.6 Å². The number of fused-ring (bicyclic) bond motifs is 3. The molecule has 0 aromatic carbocycles. The first-order valence-corrected chi connectivity index (χ1v) is 9.08. The summed E-state index contributed by atoms with van der Waals surface area (Å²) in [5.41, 5.74) is 0. The van der Waals surface area contributed by atoms with Crippen LogP contribution in [0, 0.1) is 5.92 Å². The fourth-order valence-corrected chi connectivity index (χ4v) is 3.80. The molecule has 124 valence electrons. The Balaban J connectivity index is 1.45. The van der Waals surface area contributed by atoms with Gasteiger partial charge in [0.1, 0.15) is 0 Å². The van der Waals surface area contributed by atoms with Gasteiger partial charge in [-0.1, -0.05) is 12.5 Å². The standard InChI is InChI=1S/C16H22N4O2S/c21-15-12-4-3-5-13(19-15)11-20(10-12)16(22)18-8-9-23-14-6-1-2-7-17-14/h1-2,6-7,12-13H,3-5,8-11H2,(H,18,22)(H,19,21)/t12-,13+/m1/s1. The molecule has 0 aliphatic carbocycles. The smallest absolute Gasteiger partial charge is 0.317 e. The Morgan fingerprint density at radius 1 is 1.39 bits per heavy atom. The summed E-state index contributed by atoms with van der Waals surface area (Å²) in [7, 11) is 0. The highest BCUT2D eigenvalue weighted by Crippen LogP contribution is 2.21. The van der Waals surface area contributed by atoms with Gasteiger partial charge in [-0.2, -0.15) is 0 Å². The van der Waals surface area contributed by atoms with Crippen LogP contribution in [0.4, 0.5) is 4.79 Å². The zero-order valence-corrected chi connectivity index (χ0v) is 13.8. The molecular formula is C16H22N4O2S. The third kappa shape index (κ3) is 4.37. The van der Waals surface area contributed by atoms with Crippen molar-refractivity contribution in [3.8, 4) is 0 Å². The molecule has 2 N–H and O–H groups in total. The predicted octanol–water partition coefficient (Wildman–Crippen LogP) is 1.48. The van der Waals surface area contributed by atoms with Gasteiger partial charge in [-0.25, -0.2) is 9.78 Å². The molecular weight excluding hydrogens is 312 g/mol. The largest absolute Gasteiger partial charge is 0.351 e. The van der Waals surface area contributed by atoms with Crippen molar-refractivity contribution in [2.45, 2.75) is 30.3 Å². The van der Waals surface area contributed by atoms with Crippen LogP contribution in [0.2, 0.25) is 0 Å². The Labute approximate surface area is 140 Å². The summed E-state index contributed by atoms with van der Waals surface area (Å²) in [6.07, 6.45) is 4.66. The Bertz CT molecular complexity index is 554. The third-order valence-corrected chi connectivity index (χ3v) is 5.20. The number of aromatic nitrogens is 1.